The highest BCUT2D eigenvalue weighted by molar-refractivity contribution is 6.17. The van der Waals surface area contributed by atoms with Gasteiger partial charge in [0, 0.05) is 11.4 Å². The average Bonchev–Trinajstić information content (AvgIpc) is 2.38. The summed E-state index contributed by atoms with van der Waals surface area (Å²) in [5, 5.41) is 0. The molecule has 0 aliphatic heterocycles. The number of para-hydroxylation sites is 1. The van der Waals surface area contributed by atoms with Gasteiger partial charge < -0.3 is 4.74 Å². The van der Waals surface area contributed by atoms with Crippen LogP contribution in [0, 0.1) is 0 Å². The molecule has 0 unspecified atom stereocenters. The third-order valence-corrected chi connectivity index (χ3v) is 3.28. The second-order valence-electron chi connectivity index (χ2n) is 5.63. The molecule has 1 nitrogen and oxygen atoms in total. The van der Waals surface area contributed by atoms with Crippen molar-refractivity contribution < 1.29 is 4.74 Å². The summed E-state index contributed by atoms with van der Waals surface area (Å²) in [6, 6.07) is 16.1. The van der Waals surface area contributed by atoms with Gasteiger partial charge in [-0.15, -0.1) is 11.6 Å². The minimum Gasteiger partial charge on any atom is -0.457 e. The summed E-state index contributed by atoms with van der Waals surface area (Å²) in [5.74, 6) is 2.23. The first kappa shape index (κ1) is 14.0. The first-order valence-electron chi connectivity index (χ1n) is 6.43. The Morgan fingerprint density at radius 2 is 1.74 bits per heavy atom. The van der Waals surface area contributed by atoms with Crippen LogP contribution in [0.1, 0.15) is 31.9 Å². The largest absolute Gasteiger partial charge is 0.457 e. The lowest BCUT2D eigenvalue weighted by Gasteiger charge is -2.22. The molecular weight excluding hydrogens is 256 g/mol. The molecule has 2 aromatic carbocycles. The summed E-state index contributed by atoms with van der Waals surface area (Å²) in [5.41, 5.74) is 2.32. The maximum absolute atomic E-state index is 6.02. The maximum Gasteiger partial charge on any atom is 0.131 e. The average molecular weight is 275 g/mol. The molecule has 0 bridgehead atoms. The highest BCUT2D eigenvalue weighted by Crippen LogP contribution is 2.34. The summed E-state index contributed by atoms with van der Waals surface area (Å²) in [7, 11) is 0. The number of hydrogen-bond donors (Lipinski definition) is 0. The molecule has 0 saturated carbocycles. The zero-order valence-electron chi connectivity index (χ0n) is 11.6. The highest BCUT2D eigenvalue weighted by Gasteiger charge is 2.18. The lowest BCUT2D eigenvalue weighted by molar-refractivity contribution is 0.455. The van der Waals surface area contributed by atoms with Crippen LogP contribution in [0.4, 0.5) is 0 Å². The van der Waals surface area contributed by atoms with Gasteiger partial charge in [-0.3, -0.25) is 0 Å². The molecular formula is C17H19ClO. The van der Waals surface area contributed by atoms with Crippen molar-refractivity contribution in [2.75, 3.05) is 0 Å². The van der Waals surface area contributed by atoms with E-state index in [9.17, 15) is 0 Å². The van der Waals surface area contributed by atoms with Crippen LogP contribution < -0.4 is 4.74 Å². The van der Waals surface area contributed by atoms with Crippen LogP contribution in [0.15, 0.2) is 48.5 Å². The Hall–Kier alpha value is -1.47. The molecule has 0 N–H and O–H groups in total. The van der Waals surface area contributed by atoms with Crippen LogP contribution in [-0.4, -0.2) is 0 Å². The zero-order valence-corrected chi connectivity index (χ0v) is 12.4. The molecule has 2 aromatic rings. The summed E-state index contributed by atoms with van der Waals surface area (Å²) in [4.78, 5) is 0. The quantitative estimate of drug-likeness (QED) is 0.670. The maximum atomic E-state index is 6.02. The minimum atomic E-state index is 0.0562. The van der Waals surface area contributed by atoms with E-state index < -0.39 is 0 Å². The second kappa shape index (κ2) is 5.66. The molecule has 19 heavy (non-hydrogen) atoms. The van der Waals surface area contributed by atoms with E-state index in [1.807, 2.05) is 42.5 Å². The number of ether oxygens (including phenoxy) is 1. The zero-order chi connectivity index (χ0) is 13.9. The van der Waals surface area contributed by atoms with E-state index in [2.05, 4.69) is 26.8 Å². The molecule has 0 amide bonds. The van der Waals surface area contributed by atoms with Gasteiger partial charge in [-0.05, 0) is 29.2 Å². The van der Waals surface area contributed by atoms with Crippen molar-refractivity contribution >= 4 is 11.6 Å². The SMILES string of the molecule is CC(C)(C)c1ccccc1Oc1cccc(CCl)c1. The van der Waals surface area contributed by atoms with E-state index in [1.165, 1.54) is 5.56 Å². The standard InChI is InChI=1S/C17H19ClO/c1-17(2,3)15-9-4-5-10-16(15)19-14-8-6-7-13(11-14)12-18/h4-11H,12H2,1-3H3. The predicted octanol–water partition coefficient (Wildman–Crippen LogP) is 5.52. The van der Waals surface area contributed by atoms with Crippen LogP contribution in [-0.2, 0) is 11.3 Å². The van der Waals surface area contributed by atoms with E-state index in [1.54, 1.807) is 0 Å². The first-order valence-corrected chi connectivity index (χ1v) is 6.96. The van der Waals surface area contributed by atoms with Gasteiger partial charge in [-0.1, -0.05) is 51.1 Å². The topological polar surface area (TPSA) is 9.23 Å². The molecule has 0 spiro atoms. The minimum absolute atomic E-state index is 0.0562. The Morgan fingerprint density at radius 1 is 1.00 bits per heavy atom. The fraction of sp³-hybridized carbons (Fsp3) is 0.294. The van der Waals surface area contributed by atoms with Crippen molar-refractivity contribution in [2.45, 2.75) is 32.1 Å². The van der Waals surface area contributed by atoms with Crippen molar-refractivity contribution in [3.63, 3.8) is 0 Å². The van der Waals surface area contributed by atoms with Gasteiger partial charge in [0.05, 0.1) is 0 Å². The highest BCUT2D eigenvalue weighted by atomic mass is 35.5. The van der Waals surface area contributed by atoms with Crippen molar-refractivity contribution in [3.05, 3.63) is 59.7 Å². The summed E-state index contributed by atoms with van der Waals surface area (Å²) >= 11 is 5.85. The number of alkyl halides is 1. The van der Waals surface area contributed by atoms with Crippen LogP contribution in [0.5, 0.6) is 11.5 Å². The summed E-state index contributed by atoms with van der Waals surface area (Å²) < 4.78 is 6.02. The molecule has 0 saturated heterocycles. The molecule has 0 fully saturated rings. The Morgan fingerprint density at radius 3 is 2.42 bits per heavy atom. The molecule has 2 heteroatoms. The smallest absolute Gasteiger partial charge is 0.131 e. The molecule has 0 aliphatic rings. The van der Waals surface area contributed by atoms with Gasteiger partial charge in [0.2, 0.25) is 0 Å². The van der Waals surface area contributed by atoms with E-state index >= 15 is 0 Å². The van der Waals surface area contributed by atoms with Crippen molar-refractivity contribution in [1.29, 1.82) is 0 Å². The van der Waals surface area contributed by atoms with E-state index in [-0.39, 0.29) is 5.41 Å². The summed E-state index contributed by atoms with van der Waals surface area (Å²) in [6.07, 6.45) is 0. The van der Waals surface area contributed by atoms with E-state index in [0.29, 0.717) is 5.88 Å². The van der Waals surface area contributed by atoms with Crippen molar-refractivity contribution in [2.24, 2.45) is 0 Å². The third kappa shape index (κ3) is 3.51. The third-order valence-electron chi connectivity index (χ3n) is 2.98. The predicted molar refractivity (Wildman–Crippen MR) is 81.2 cm³/mol. The summed E-state index contributed by atoms with van der Waals surface area (Å²) in [6.45, 7) is 6.55. The molecule has 100 valence electrons. The van der Waals surface area contributed by atoms with Gasteiger partial charge >= 0.3 is 0 Å². The van der Waals surface area contributed by atoms with E-state index in [4.69, 9.17) is 16.3 Å². The van der Waals surface area contributed by atoms with Crippen LogP contribution in [0.3, 0.4) is 0 Å². The Kier molecular flexibility index (Phi) is 4.16. The van der Waals surface area contributed by atoms with Gasteiger partial charge in [0.1, 0.15) is 11.5 Å². The van der Waals surface area contributed by atoms with Crippen molar-refractivity contribution in [1.82, 2.24) is 0 Å². The lowest BCUT2D eigenvalue weighted by atomic mass is 9.86. The molecule has 0 radical (unpaired) electrons. The second-order valence-corrected chi connectivity index (χ2v) is 5.90. The fourth-order valence-electron chi connectivity index (χ4n) is 1.99. The molecule has 2 rings (SSSR count). The van der Waals surface area contributed by atoms with Crippen LogP contribution >= 0.6 is 11.6 Å². The van der Waals surface area contributed by atoms with E-state index in [0.717, 1.165) is 17.1 Å². The Balaban J connectivity index is 2.33. The van der Waals surface area contributed by atoms with Gasteiger partial charge in [0.15, 0.2) is 0 Å². The number of rotatable bonds is 3. The number of benzene rings is 2. The molecule has 0 heterocycles. The molecule has 0 atom stereocenters. The Labute approximate surface area is 120 Å². The molecule has 0 aliphatic carbocycles. The van der Waals surface area contributed by atoms with Crippen molar-refractivity contribution in [3.8, 4) is 11.5 Å². The fourth-order valence-corrected chi connectivity index (χ4v) is 2.16. The van der Waals surface area contributed by atoms with Gasteiger partial charge in [-0.2, -0.15) is 0 Å². The number of hydrogen-bond acceptors (Lipinski definition) is 1. The molecule has 0 aromatic heterocycles. The lowest BCUT2D eigenvalue weighted by Crippen LogP contribution is -2.12. The van der Waals surface area contributed by atoms with Crippen LogP contribution in [0.2, 0.25) is 0 Å². The van der Waals surface area contributed by atoms with Gasteiger partial charge in [0.25, 0.3) is 0 Å². The number of halogens is 1. The van der Waals surface area contributed by atoms with Crippen LogP contribution in [0.25, 0.3) is 0 Å². The van der Waals surface area contributed by atoms with Gasteiger partial charge in [-0.25, -0.2) is 0 Å². The first-order chi connectivity index (χ1) is 9.00. The normalized spacial score (nSPS) is 11.4. The monoisotopic (exact) mass is 274 g/mol. The Bertz CT molecular complexity index is 555.